The molecule has 2 atom stereocenters. The Kier molecular flexibility index (Phi) is 6.05. The average molecular weight is 269 g/mol. The van der Waals surface area contributed by atoms with Gasteiger partial charge in [0.15, 0.2) is 0 Å². The van der Waals surface area contributed by atoms with Crippen LogP contribution in [-0.2, 0) is 19.1 Å². The van der Waals surface area contributed by atoms with Crippen molar-refractivity contribution in [3.8, 4) is 0 Å². The van der Waals surface area contributed by atoms with Crippen LogP contribution in [-0.4, -0.2) is 36.1 Å². The van der Waals surface area contributed by atoms with Crippen molar-refractivity contribution < 1.29 is 24.2 Å². The van der Waals surface area contributed by atoms with Crippen molar-refractivity contribution in [2.75, 3.05) is 7.11 Å². The minimum Gasteiger partial charge on any atom is -0.480 e. The van der Waals surface area contributed by atoms with Crippen molar-refractivity contribution >= 4 is 17.8 Å². The van der Waals surface area contributed by atoms with E-state index in [0.29, 0.717) is 6.42 Å². The molecule has 1 amide bonds. The largest absolute Gasteiger partial charge is 0.480 e. The number of hydrogen-bond acceptors (Lipinski definition) is 4. The molecule has 0 aliphatic heterocycles. The fourth-order valence-corrected chi connectivity index (χ4v) is 1.98. The molecular weight excluding hydrogens is 250 g/mol. The van der Waals surface area contributed by atoms with Crippen molar-refractivity contribution in [1.29, 1.82) is 0 Å². The monoisotopic (exact) mass is 269 g/mol. The summed E-state index contributed by atoms with van der Waals surface area (Å²) in [5.74, 6) is -1.73. The molecule has 0 saturated heterocycles. The standard InChI is InChI=1S/C13H19NO5/c1-19-12(16)7-6-10(13(17)18)14-11(15)8-9-4-2-3-5-9/h2,4,9-10H,3,5-8H2,1H3,(H,14,15)(H,17,18)/t9?,10-/m0/s1. The highest BCUT2D eigenvalue weighted by Gasteiger charge is 2.22. The molecule has 0 aromatic carbocycles. The summed E-state index contributed by atoms with van der Waals surface area (Å²) in [6.45, 7) is 0. The van der Waals surface area contributed by atoms with Crippen molar-refractivity contribution in [3.63, 3.8) is 0 Å². The number of ether oxygens (including phenoxy) is 1. The summed E-state index contributed by atoms with van der Waals surface area (Å²) in [5, 5.41) is 11.4. The molecule has 2 N–H and O–H groups in total. The first-order valence-electron chi connectivity index (χ1n) is 6.28. The molecule has 0 heterocycles. The van der Waals surface area contributed by atoms with Gasteiger partial charge in [0.05, 0.1) is 7.11 Å². The number of amides is 1. The first kappa shape index (κ1) is 15.2. The van der Waals surface area contributed by atoms with Gasteiger partial charge < -0.3 is 15.2 Å². The van der Waals surface area contributed by atoms with Gasteiger partial charge in [-0.1, -0.05) is 12.2 Å². The molecule has 1 unspecified atom stereocenters. The summed E-state index contributed by atoms with van der Waals surface area (Å²) in [6, 6.07) is -1.04. The fraction of sp³-hybridized carbons (Fsp3) is 0.615. The highest BCUT2D eigenvalue weighted by molar-refractivity contribution is 5.84. The summed E-state index contributed by atoms with van der Waals surface area (Å²) in [6.07, 6.45) is 6.17. The number of hydrogen-bond donors (Lipinski definition) is 2. The van der Waals surface area contributed by atoms with E-state index < -0.39 is 18.0 Å². The molecule has 0 radical (unpaired) electrons. The number of esters is 1. The molecule has 1 aliphatic carbocycles. The van der Waals surface area contributed by atoms with E-state index in [1.54, 1.807) is 0 Å². The number of carboxylic acid groups (broad SMARTS) is 1. The second-order valence-electron chi connectivity index (χ2n) is 4.54. The third kappa shape index (κ3) is 5.54. The summed E-state index contributed by atoms with van der Waals surface area (Å²) in [5.41, 5.74) is 0. The molecule has 6 nitrogen and oxygen atoms in total. The number of methoxy groups -OCH3 is 1. The Balaban J connectivity index is 2.39. The van der Waals surface area contributed by atoms with Gasteiger partial charge in [0.1, 0.15) is 6.04 Å². The van der Waals surface area contributed by atoms with Crippen LogP contribution in [0.15, 0.2) is 12.2 Å². The van der Waals surface area contributed by atoms with Gasteiger partial charge in [-0.25, -0.2) is 4.79 Å². The second-order valence-corrected chi connectivity index (χ2v) is 4.54. The number of carbonyl (C=O) groups excluding carboxylic acids is 2. The lowest BCUT2D eigenvalue weighted by Gasteiger charge is -2.15. The highest BCUT2D eigenvalue weighted by Crippen LogP contribution is 2.20. The normalized spacial score (nSPS) is 18.9. The molecule has 0 saturated carbocycles. The van der Waals surface area contributed by atoms with Crippen molar-refractivity contribution in [2.45, 2.75) is 38.1 Å². The van der Waals surface area contributed by atoms with Crippen molar-refractivity contribution in [1.82, 2.24) is 5.32 Å². The van der Waals surface area contributed by atoms with Gasteiger partial charge in [-0.3, -0.25) is 9.59 Å². The Hall–Kier alpha value is -1.85. The molecule has 1 rings (SSSR count). The Morgan fingerprint density at radius 2 is 2.21 bits per heavy atom. The SMILES string of the molecule is COC(=O)CC[C@H](NC(=O)CC1C=CCC1)C(=O)O. The maximum atomic E-state index is 11.7. The number of aliphatic carboxylic acids is 1. The Bertz CT molecular complexity index is 377. The predicted molar refractivity (Wildman–Crippen MR) is 67.3 cm³/mol. The van der Waals surface area contributed by atoms with E-state index in [4.69, 9.17) is 5.11 Å². The van der Waals surface area contributed by atoms with Gasteiger partial charge in [-0.2, -0.15) is 0 Å². The van der Waals surface area contributed by atoms with Gasteiger partial charge in [0.25, 0.3) is 0 Å². The van der Waals surface area contributed by atoms with E-state index in [2.05, 4.69) is 10.1 Å². The molecule has 0 aromatic heterocycles. The summed E-state index contributed by atoms with van der Waals surface area (Å²) < 4.78 is 4.44. The third-order valence-electron chi connectivity index (χ3n) is 3.06. The van der Waals surface area contributed by atoms with E-state index in [9.17, 15) is 14.4 Å². The Morgan fingerprint density at radius 3 is 2.74 bits per heavy atom. The lowest BCUT2D eigenvalue weighted by molar-refractivity contribution is -0.144. The van der Waals surface area contributed by atoms with E-state index >= 15 is 0 Å². The average Bonchev–Trinajstić information content (AvgIpc) is 2.86. The number of nitrogens with one attached hydrogen (secondary N) is 1. The number of rotatable bonds is 7. The van der Waals surface area contributed by atoms with E-state index in [-0.39, 0.29) is 24.7 Å². The van der Waals surface area contributed by atoms with Gasteiger partial charge in [-0.15, -0.1) is 0 Å². The van der Waals surface area contributed by atoms with Gasteiger partial charge in [-0.05, 0) is 25.2 Å². The smallest absolute Gasteiger partial charge is 0.326 e. The van der Waals surface area contributed by atoms with Crippen molar-refractivity contribution in [2.24, 2.45) is 5.92 Å². The quantitative estimate of drug-likeness (QED) is 0.528. The molecular formula is C13H19NO5. The van der Waals surface area contributed by atoms with Crippen LogP contribution < -0.4 is 5.32 Å². The minimum absolute atomic E-state index is 0.0307. The number of carboxylic acids is 1. The van der Waals surface area contributed by atoms with Crippen LogP contribution in [0, 0.1) is 5.92 Å². The van der Waals surface area contributed by atoms with Gasteiger partial charge in [0, 0.05) is 12.8 Å². The van der Waals surface area contributed by atoms with Crippen LogP contribution in [0.1, 0.15) is 32.1 Å². The summed E-state index contributed by atoms with van der Waals surface area (Å²) in [4.78, 5) is 33.7. The molecule has 106 valence electrons. The van der Waals surface area contributed by atoms with E-state index in [1.165, 1.54) is 7.11 Å². The zero-order valence-corrected chi connectivity index (χ0v) is 10.9. The minimum atomic E-state index is -1.14. The summed E-state index contributed by atoms with van der Waals surface area (Å²) in [7, 11) is 1.24. The highest BCUT2D eigenvalue weighted by atomic mass is 16.5. The molecule has 0 aromatic rings. The van der Waals surface area contributed by atoms with Gasteiger partial charge in [0.2, 0.25) is 5.91 Å². The lowest BCUT2D eigenvalue weighted by atomic mass is 10.0. The third-order valence-corrected chi connectivity index (χ3v) is 3.06. The fourth-order valence-electron chi connectivity index (χ4n) is 1.98. The predicted octanol–water partition coefficient (Wildman–Crippen LogP) is 0.865. The molecule has 19 heavy (non-hydrogen) atoms. The van der Waals surface area contributed by atoms with Crippen LogP contribution >= 0.6 is 0 Å². The molecule has 0 bridgehead atoms. The van der Waals surface area contributed by atoms with Crippen molar-refractivity contribution in [3.05, 3.63) is 12.2 Å². The molecule has 0 fully saturated rings. The van der Waals surface area contributed by atoms with Crippen LogP contribution in [0.4, 0.5) is 0 Å². The number of allylic oxidation sites excluding steroid dienone is 2. The van der Waals surface area contributed by atoms with Crippen LogP contribution in [0.3, 0.4) is 0 Å². The van der Waals surface area contributed by atoms with E-state index in [0.717, 1.165) is 12.8 Å². The Morgan fingerprint density at radius 1 is 1.47 bits per heavy atom. The maximum Gasteiger partial charge on any atom is 0.326 e. The van der Waals surface area contributed by atoms with Crippen LogP contribution in [0.25, 0.3) is 0 Å². The van der Waals surface area contributed by atoms with Crippen LogP contribution in [0.5, 0.6) is 0 Å². The van der Waals surface area contributed by atoms with Gasteiger partial charge >= 0.3 is 11.9 Å². The Labute approximate surface area is 111 Å². The topological polar surface area (TPSA) is 92.7 Å². The number of carbonyl (C=O) groups is 3. The van der Waals surface area contributed by atoms with Crippen LogP contribution in [0.2, 0.25) is 0 Å². The zero-order chi connectivity index (χ0) is 14.3. The molecule has 6 heteroatoms. The molecule has 0 spiro atoms. The molecule has 1 aliphatic rings. The maximum absolute atomic E-state index is 11.7. The lowest BCUT2D eigenvalue weighted by Crippen LogP contribution is -2.41. The second kappa shape index (κ2) is 7.56. The first-order chi connectivity index (χ1) is 9.02. The van der Waals surface area contributed by atoms with E-state index in [1.807, 2.05) is 12.2 Å². The zero-order valence-electron chi connectivity index (χ0n) is 10.9. The summed E-state index contributed by atoms with van der Waals surface area (Å²) >= 11 is 0. The first-order valence-corrected chi connectivity index (χ1v) is 6.28.